The molecule has 0 saturated heterocycles. The summed E-state index contributed by atoms with van der Waals surface area (Å²) in [7, 11) is 0. The van der Waals surface area contributed by atoms with E-state index in [0.29, 0.717) is 0 Å². The van der Waals surface area contributed by atoms with E-state index in [0.717, 1.165) is 0 Å². The molecule has 0 aliphatic heterocycles. The summed E-state index contributed by atoms with van der Waals surface area (Å²) in [5.41, 5.74) is 4.73. The molecule has 1 atom stereocenters. The van der Waals surface area contributed by atoms with E-state index < -0.39 is 12.0 Å². The zero-order valence-corrected chi connectivity index (χ0v) is 7.17. The maximum absolute atomic E-state index is 10.7. The Hall–Kier alpha value is -0.810. The summed E-state index contributed by atoms with van der Waals surface area (Å²) in [6.07, 6.45) is -1.17. The van der Waals surface area contributed by atoms with Gasteiger partial charge in [-0.3, -0.25) is 9.59 Å². The van der Waals surface area contributed by atoms with Crippen molar-refractivity contribution in [3.05, 3.63) is 0 Å². The molecule has 5 nitrogen and oxygen atoms in total. The first-order valence-corrected chi connectivity index (χ1v) is 3.91. The number of nitrogens with one attached hydrogen (secondary N) is 1. The standard InChI is InChI=1S/C6H11ClN2O3/c7-2-1-5(11)9-3-4(10)6(8)12/h4,10H,1-3H2,(H2,8,12)(H,9,11). The fourth-order valence-electron chi connectivity index (χ4n) is 0.485. The average Bonchev–Trinajstić information content (AvgIpc) is 2.00. The smallest absolute Gasteiger partial charge is 0.248 e. The van der Waals surface area contributed by atoms with Gasteiger partial charge in [0.1, 0.15) is 6.10 Å². The highest BCUT2D eigenvalue weighted by atomic mass is 35.5. The zero-order valence-electron chi connectivity index (χ0n) is 6.42. The number of alkyl halides is 1. The minimum atomic E-state index is -1.33. The summed E-state index contributed by atoms with van der Waals surface area (Å²) in [4.78, 5) is 21.0. The highest BCUT2D eigenvalue weighted by Crippen LogP contribution is 1.84. The SMILES string of the molecule is NC(=O)C(O)CNC(=O)CCCl. The maximum Gasteiger partial charge on any atom is 0.248 e. The first-order valence-electron chi connectivity index (χ1n) is 3.38. The summed E-state index contributed by atoms with van der Waals surface area (Å²) in [6, 6.07) is 0. The van der Waals surface area contributed by atoms with Gasteiger partial charge in [-0.25, -0.2) is 0 Å². The molecule has 70 valence electrons. The molecule has 1 unspecified atom stereocenters. The van der Waals surface area contributed by atoms with Crippen molar-refractivity contribution in [3.8, 4) is 0 Å². The molecular formula is C6H11ClN2O3. The van der Waals surface area contributed by atoms with Gasteiger partial charge >= 0.3 is 0 Å². The quantitative estimate of drug-likeness (QED) is 0.469. The predicted molar refractivity (Wildman–Crippen MR) is 43.5 cm³/mol. The Bertz CT molecular complexity index is 174. The number of rotatable bonds is 5. The summed E-state index contributed by atoms with van der Waals surface area (Å²) >= 11 is 5.26. The lowest BCUT2D eigenvalue weighted by atomic mass is 10.3. The zero-order chi connectivity index (χ0) is 9.56. The molecule has 0 aromatic heterocycles. The van der Waals surface area contributed by atoms with Crippen LogP contribution in [-0.2, 0) is 9.59 Å². The minimum Gasteiger partial charge on any atom is -0.381 e. The number of hydrogen-bond donors (Lipinski definition) is 3. The van der Waals surface area contributed by atoms with E-state index in [1.165, 1.54) is 0 Å². The van der Waals surface area contributed by atoms with Crippen molar-refractivity contribution in [2.24, 2.45) is 5.73 Å². The van der Waals surface area contributed by atoms with Gasteiger partial charge < -0.3 is 16.2 Å². The van der Waals surface area contributed by atoms with E-state index >= 15 is 0 Å². The molecule has 0 rings (SSSR count). The van der Waals surface area contributed by atoms with Crippen LogP contribution in [-0.4, -0.2) is 35.4 Å². The Morgan fingerprint density at radius 2 is 2.17 bits per heavy atom. The number of carbonyl (C=O) groups excluding carboxylic acids is 2. The number of hydrogen-bond acceptors (Lipinski definition) is 3. The van der Waals surface area contributed by atoms with Crippen LogP contribution in [0.2, 0.25) is 0 Å². The Morgan fingerprint density at radius 1 is 1.58 bits per heavy atom. The van der Waals surface area contributed by atoms with Crippen LogP contribution in [0.25, 0.3) is 0 Å². The maximum atomic E-state index is 10.7. The van der Waals surface area contributed by atoms with Crippen molar-refractivity contribution < 1.29 is 14.7 Å². The number of primary amides is 1. The number of halogens is 1. The van der Waals surface area contributed by atoms with Crippen LogP contribution in [0.3, 0.4) is 0 Å². The molecule has 0 heterocycles. The molecule has 0 bridgehead atoms. The number of nitrogens with two attached hydrogens (primary N) is 1. The van der Waals surface area contributed by atoms with Gasteiger partial charge in [0.05, 0.1) is 6.54 Å². The van der Waals surface area contributed by atoms with Crippen molar-refractivity contribution in [2.75, 3.05) is 12.4 Å². The van der Waals surface area contributed by atoms with Crippen molar-refractivity contribution in [1.82, 2.24) is 5.32 Å². The normalized spacial score (nSPS) is 12.2. The van der Waals surface area contributed by atoms with Gasteiger partial charge in [-0.2, -0.15) is 0 Å². The van der Waals surface area contributed by atoms with E-state index in [1.807, 2.05) is 0 Å². The average molecular weight is 195 g/mol. The molecule has 0 aliphatic carbocycles. The fraction of sp³-hybridized carbons (Fsp3) is 0.667. The molecule has 0 saturated carbocycles. The van der Waals surface area contributed by atoms with Crippen LogP contribution < -0.4 is 11.1 Å². The van der Waals surface area contributed by atoms with E-state index in [-0.39, 0.29) is 24.8 Å². The van der Waals surface area contributed by atoms with E-state index in [2.05, 4.69) is 5.32 Å². The Balaban J connectivity index is 3.54. The Labute approximate surface area is 74.9 Å². The number of carbonyl (C=O) groups is 2. The molecule has 0 aromatic carbocycles. The van der Waals surface area contributed by atoms with Crippen molar-refractivity contribution in [1.29, 1.82) is 0 Å². The Morgan fingerprint density at radius 3 is 2.58 bits per heavy atom. The summed E-state index contributed by atoms with van der Waals surface area (Å²) in [5, 5.41) is 11.1. The van der Waals surface area contributed by atoms with Crippen LogP contribution in [0.1, 0.15) is 6.42 Å². The van der Waals surface area contributed by atoms with Crippen molar-refractivity contribution in [3.63, 3.8) is 0 Å². The lowest BCUT2D eigenvalue weighted by Gasteiger charge is -2.06. The first-order chi connectivity index (χ1) is 5.57. The van der Waals surface area contributed by atoms with Gasteiger partial charge in [-0.05, 0) is 0 Å². The monoisotopic (exact) mass is 194 g/mol. The predicted octanol–water partition coefficient (Wildman–Crippen LogP) is -1.42. The van der Waals surface area contributed by atoms with E-state index in [4.69, 9.17) is 22.4 Å². The molecule has 12 heavy (non-hydrogen) atoms. The molecule has 0 aliphatic rings. The van der Waals surface area contributed by atoms with Gasteiger partial charge in [0.25, 0.3) is 0 Å². The molecular weight excluding hydrogens is 184 g/mol. The third kappa shape index (κ3) is 4.92. The van der Waals surface area contributed by atoms with Crippen LogP contribution in [0.4, 0.5) is 0 Å². The topological polar surface area (TPSA) is 92.4 Å². The number of amides is 2. The van der Waals surface area contributed by atoms with Crippen molar-refractivity contribution >= 4 is 23.4 Å². The molecule has 0 radical (unpaired) electrons. The second-order valence-electron chi connectivity index (χ2n) is 2.16. The molecule has 0 fully saturated rings. The molecule has 0 aromatic rings. The second-order valence-corrected chi connectivity index (χ2v) is 2.54. The van der Waals surface area contributed by atoms with Gasteiger partial charge in [-0.1, -0.05) is 0 Å². The van der Waals surface area contributed by atoms with E-state index in [9.17, 15) is 9.59 Å². The summed E-state index contributed by atoms with van der Waals surface area (Å²) in [6.45, 7) is -0.162. The third-order valence-corrected chi connectivity index (χ3v) is 1.33. The minimum absolute atomic E-state index is 0.160. The highest BCUT2D eigenvalue weighted by Gasteiger charge is 2.11. The molecule has 2 amide bonds. The van der Waals surface area contributed by atoms with Crippen LogP contribution in [0.15, 0.2) is 0 Å². The van der Waals surface area contributed by atoms with Gasteiger partial charge in [0, 0.05) is 12.3 Å². The van der Waals surface area contributed by atoms with Gasteiger partial charge in [-0.15, -0.1) is 11.6 Å². The lowest BCUT2D eigenvalue weighted by Crippen LogP contribution is -2.39. The van der Waals surface area contributed by atoms with Gasteiger partial charge in [0.15, 0.2) is 0 Å². The Kier molecular flexibility index (Phi) is 5.40. The van der Waals surface area contributed by atoms with Crippen LogP contribution in [0, 0.1) is 0 Å². The second kappa shape index (κ2) is 5.79. The largest absolute Gasteiger partial charge is 0.381 e. The fourth-order valence-corrected chi connectivity index (χ4v) is 0.657. The number of aliphatic hydroxyl groups is 1. The first kappa shape index (κ1) is 11.2. The van der Waals surface area contributed by atoms with Crippen LogP contribution >= 0.6 is 11.6 Å². The third-order valence-electron chi connectivity index (χ3n) is 1.14. The molecule has 6 heteroatoms. The van der Waals surface area contributed by atoms with E-state index in [1.54, 1.807) is 0 Å². The molecule has 4 N–H and O–H groups in total. The molecule has 0 spiro atoms. The summed E-state index contributed by atoms with van der Waals surface area (Å²) in [5.74, 6) is -0.968. The summed E-state index contributed by atoms with van der Waals surface area (Å²) < 4.78 is 0. The lowest BCUT2D eigenvalue weighted by molar-refractivity contribution is -0.126. The van der Waals surface area contributed by atoms with Gasteiger partial charge in [0.2, 0.25) is 11.8 Å². The highest BCUT2D eigenvalue weighted by molar-refractivity contribution is 6.18. The number of aliphatic hydroxyl groups excluding tert-OH is 1. The van der Waals surface area contributed by atoms with Crippen LogP contribution in [0.5, 0.6) is 0 Å². The van der Waals surface area contributed by atoms with Crippen molar-refractivity contribution in [2.45, 2.75) is 12.5 Å².